The molecule has 0 aliphatic rings. The summed E-state index contributed by atoms with van der Waals surface area (Å²) in [6, 6.07) is 7.21. The van der Waals surface area contributed by atoms with E-state index in [1.54, 1.807) is 0 Å². The summed E-state index contributed by atoms with van der Waals surface area (Å²) in [4.78, 5) is 10.5. The Morgan fingerprint density at radius 2 is 2.19 bits per heavy atom. The average molecular weight is 222 g/mol. The first-order valence-electron chi connectivity index (χ1n) is 5.45. The second kappa shape index (κ2) is 6.12. The van der Waals surface area contributed by atoms with Gasteiger partial charge in [-0.25, -0.2) is 0 Å². The van der Waals surface area contributed by atoms with Crippen LogP contribution < -0.4 is 11.1 Å². The molecular weight excluding hydrogens is 204 g/mol. The number of para-hydroxylation sites is 1. The van der Waals surface area contributed by atoms with E-state index in [2.05, 4.69) is 18.3 Å². The second-order valence-electron chi connectivity index (χ2n) is 3.67. The van der Waals surface area contributed by atoms with Gasteiger partial charge in [-0.1, -0.05) is 25.1 Å². The Morgan fingerprint density at radius 3 is 2.81 bits per heavy atom. The van der Waals surface area contributed by atoms with E-state index < -0.39 is 12.0 Å². The van der Waals surface area contributed by atoms with Crippen molar-refractivity contribution in [3.05, 3.63) is 29.8 Å². The van der Waals surface area contributed by atoms with Crippen molar-refractivity contribution < 1.29 is 9.90 Å². The minimum atomic E-state index is -0.953. The Kier molecular flexibility index (Phi) is 4.79. The minimum absolute atomic E-state index is 0.424. The molecule has 1 aromatic rings. The second-order valence-corrected chi connectivity index (χ2v) is 3.67. The maximum atomic E-state index is 10.5. The van der Waals surface area contributed by atoms with Gasteiger partial charge in [-0.2, -0.15) is 0 Å². The van der Waals surface area contributed by atoms with E-state index in [1.807, 2.05) is 18.2 Å². The third-order valence-corrected chi connectivity index (χ3v) is 2.49. The summed E-state index contributed by atoms with van der Waals surface area (Å²) in [6.07, 6.45) is 1.38. The van der Waals surface area contributed by atoms with Crippen molar-refractivity contribution in [3.63, 3.8) is 0 Å². The van der Waals surface area contributed by atoms with Gasteiger partial charge in [-0.05, 0) is 24.5 Å². The SMILES string of the molecule is CCc1ccccc1NCCC(N)C(=O)O. The molecule has 0 aliphatic heterocycles. The van der Waals surface area contributed by atoms with Gasteiger partial charge in [0.05, 0.1) is 0 Å². The highest BCUT2D eigenvalue weighted by molar-refractivity contribution is 5.73. The van der Waals surface area contributed by atoms with Crippen molar-refractivity contribution in [3.8, 4) is 0 Å². The normalized spacial score (nSPS) is 12.1. The number of hydrogen-bond acceptors (Lipinski definition) is 3. The maximum Gasteiger partial charge on any atom is 0.320 e. The number of carboxylic acids is 1. The molecular formula is C12H18N2O2. The summed E-state index contributed by atoms with van der Waals surface area (Å²) in [7, 11) is 0. The number of rotatable bonds is 6. The Morgan fingerprint density at radius 1 is 1.50 bits per heavy atom. The van der Waals surface area contributed by atoms with Gasteiger partial charge in [0.2, 0.25) is 0 Å². The number of nitrogens with two attached hydrogens (primary N) is 1. The summed E-state index contributed by atoms with van der Waals surface area (Å²) in [6.45, 7) is 2.66. The van der Waals surface area contributed by atoms with E-state index in [-0.39, 0.29) is 0 Å². The van der Waals surface area contributed by atoms with Gasteiger partial charge in [0.15, 0.2) is 0 Å². The molecule has 0 fully saturated rings. The largest absolute Gasteiger partial charge is 0.480 e. The number of hydrogen-bond donors (Lipinski definition) is 3. The van der Waals surface area contributed by atoms with Crippen LogP contribution in [0.5, 0.6) is 0 Å². The lowest BCUT2D eigenvalue weighted by Crippen LogP contribution is -2.32. The molecule has 0 saturated heterocycles. The maximum absolute atomic E-state index is 10.5. The van der Waals surface area contributed by atoms with Gasteiger partial charge in [-0.3, -0.25) is 4.79 Å². The molecule has 1 aromatic carbocycles. The van der Waals surface area contributed by atoms with Crippen LogP contribution in [0.4, 0.5) is 5.69 Å². The summed E-state index contributed by atoms with van der Waals surface area (Å²) in [5.74, 6) is -0.953. The fraction of sp³-hybridized carbons (Fsp3) is 0.417. The molecule has 4 N–H and O–H groups in total. The van der Waals surface area contributed by atoms with Crippen LogP contribution in [0.3, 0.4) is 0 Å². The molecule has 88 valence electrons. The Labute approximate surface area is 95.5 Å². The topological polar surface area (TPSA) is 75.3 Å². The third kappa shape index (κ3) is 3.55. The van der Waals surface area contributed by atoms with Crippen molar-refractivity contribution in [2.75, 3.05) is 11.9 Å². The molecule has 0 amide bonds. The smallest absolute Gasteiger partial charge is 0.320 e. The lowest BCUT2D eigenvalue weighted by atomic mass is 10.1. The van der Waals surface area contributed by atoms with Crippen LogP contribution in [0.2, 0.25) is 0 Å². The van der Waals surface area contributed by atoms with Crippen molar-refractivity contribution in [1.82, 2.24) is 0 Å². The molecule has 4 heteroatoms. The zero-order valence-corrected chi connectivity index (χ0v) is 9.44. The number of aliphatic carboxylic acids is 1. The van der Waals surface area contributed by atoms with Crippen LogP contribution in [0.25, 0.3) is 0 Å². The first-order valence-corrected chi connectivity index (χ1v) is 5.45. The van der Waals surface area contributed by atoms with E-state index in [4.69, 9.17) is 10.8 Å². The third-order valence-electron chi connectivity index (χ3n) is 2.49. The summed E-state index contributed by atoms with van der Waals surface area (Å²) >= 11 is 0. The molecule has 0 saturated carbocycles. The fourth-order valence-electron chi connectivity index (χ4n) is 1.49. The molecule has 16 heavy (non-hydrogen) atoms. The van der Waals surface area contributed by atoms with E-state index in [0.717, 1.165) is 12.1 Å². The summed E-state index contributed by atoms with van der Waals surface area (Å²) in [5, 5.41) is 11.8. The molecule has 4 nitrogen and oxygen atoms in total. The van der Waals surface area contributed by atoms with Crippen LogP contribution in [-0.2, 0) is 11.2 Å². The van der Waals surface area contributed by atoms with E-state index in [1.165, 1.54) is 5.56 Å². The average Bonchev–Trinajstić information content (AvgIpc) is 2.29. The van der Waals surface area contributed by atoms with E-state index in [9.17, 15) is 4.79 Å². The molecule has 1 atom stereocenters. The first kappa shape index (κ1) is 12.5. The molecule has 1 rings (SSSR count). The standard InChI is InChI=1S/C12H18N2O2/c1-2-9-5-3-4-6-11(9)14-8-7-10(13)12(15)16/h3-6,10,14H,2,7-8,13H2,1H3,(H,15,16). The summed E-state index contributed by atoms with van der Waals surface area (Å²) in [5.41, 5.74) is 7.70. The van der Waals surface area contributed by atoms with Gasteiger partial charge in [0, 0.05) is 12.2 Å². The highest BCUT2D eigenvalue weighted by Crippen LogP contribution is 2.15. The van der Waals surface area contributed by atoms with Crippen molar-refractivity contribution in [2.24, 2.45) is 5.73 Å². The molecule has 0 spiro atoms. The van der Waals surface area contributed by atoms with Gasteiger partial charge in [0.1, 0.15) is 6.04 Å². The van der Waals surface area contributed by atoms with Crippen molar-refractivity contribution in [1.29, 1.82) is 0 Å². The predicted molar refractivity (Wildman–Crippen MR) is 64.5 cm³/mol. The van der Waals surface area contributed by atoms with Gasteiger partial charge >= 0.3 is 5.97 Å². The lowest BCUT2D eigenvalue weighted by molar-refractivity contribution is -0.138. The van der Waals surface area contributed by atoms with Crippen molar-refractivity contribution >= 4 is 11.7 Å². The number of carboxylic acid groups (broad SMARTS) is 1. The molecule has 0 bridgehead atoms. The highest BCUT2D eigenvalue weighted by atomic mass is 16.4. The Bertz CT molecular complexity index is 353. The lowest BCUT2D eigenvalue weighted by Gasteiger charge is -2.12. The van der Waals surface area contributed by atoms with Gasteiger partial charge < -0.3 is 16.2 Å². The van der Waals surface area contributed by atoms with Crippen LogP contribution >= 0.6 is 0 Å². The zero-order chi connectivity index (χ0) is 12.0. The molecule has 0 aromatic heterocycles. The van der Waals surface area contributed by atoms with Crippen LogP contribution in [0.1, 0.15) is 18.9 Å². The van der Waals surface area contributed by atoms with Gasteiger partial charge in [-0.15, -0.1) is 0 Å². The van der Waals surface area contributed by atoms with Crippen LogP contribution in [0.15, 0.2) is 24.3 Å². The highest BCUT2D eigenvalue weighted by Gasteiger charge is 2.10. The van der Waals surface area contributed by atoms with E-state index in [0.29, 0.717) is 13.0 Å². The quantitative estimate of drug-likeness (QED) is 0.681. The van der Waals surface area contributed by atoms with Crippen molar-refractivity contribution in [2.45, 2.75) is 25.8 Å². The van der Waals surface area contributed by atoms with Crippen LogP contribution in [0, 0.1) is 0 Å². The number of benzene rings is 1. The molecule has 1 unspecified atom stereocenters. The number of aryl methyl sites for hydroxylation is 1. The number of nitrogens with one attached hydrogen (secondary N) is 1. The molecule has 0 radical (unpaired) electrons. The molecule has 0 heterocycles. The van der Waals surface area contributed by atoms with E-state index >= 15 is 0 Å². The van der Waals surface area contributed by atoms with Gasteiger partial charge in [0.25, 0.3) is 0 Å². The monoisotopic (exact) mass is 222 g/mol. The number of anilines is 1. The number of carbonyl (C=O) groups is 1. The fourth-order valence-corrected chi connectivity index (χ4v) is 1.49. The Balaban J connectivity index is 2.45. The summed E-state index contributed by atoms with van der Waals surface area (Å²) < 4.78 is 0. The Hall–Kier alpha value is -1.55. The zero-order valence-electron chi connectivity index (χ0n) is 9.44. The first-order chi connectivity index (χ1) is 7.65. The predicted octanol–water partition coefficient (Wildman–Crippen LogP) is 1.46. The van der Waals surface area contributed by atoms with Crippen LogP contribution in [-0.4, -0.2) is 23.7 Å². The molecule has 0 aliphatic carbocycles. The minimum Gasteiger partial charge on any atom is -0.480 e.